The standard InChI is InChI=1S/C32H50N2S4/c1-3-7-11-21-35-25-29-17-15-19-31(33-29)27-37-23-13-9-5-2-6-10-14-24-38-28-32-20-16-18-30(34-32)26-36-22-12-8-4-1/h15-20H,1-14,21-28H2. The van der Waals surface area contributed by atoms with Crippen LogP contribution < -0.4 is 0 Å². The van der Waals surface area contributed by atoms with Crippen molar-refractivity contribution >= 4 is 47.0 Å². The lowest BCUT2D eigenvalue weighted by molar-refractivity contribution is 0.605. The maximum absolute atomic E-state index is 4.92. The zero-order valence-electron chi connectivity index (χ0n) is 23.5. The number of hydrogen-bond acceptors (Lipinski definition) is 6. The normalized spacial score (nSPS) is 20.0. The largest absolute Gasteiger partial charge is 0.256 e. The highest BCUT2D eigenvalue weighted by Crippen LogP contribution is 2.20. The second kappa shape index (κ2) is 22.4. The van der Waals surface area contributed by atoms with Gasteiger partial charge < -0.3 is 0 Å². The fourth-order valence-corrected chi connectivity index (χ4v) is 8.36. The molecule has 38 heavy (non-hydrogen) atoms. The van der Waals surface area contributed by atoms with Crippen LogP contribution in [0.4, 0.5) is 0 Å². The number of rotatable bonds is 0. The van der Waals surface area contributed by atoms with Crippen molar-refractivity contribution in [1.82, 2.24) is 9.97 Å². The van der Waals surface area contributed by atoms with Crippen LogP contribution in [0.5, 0.6) is 0 Å². The van der Waals surface area contributed by atoms with E-state index in [1.54, 1.807) is 0 Å². The molecule has 6 heteroatoms. The summed E-state index contributed by atoms with van der Waals surface area (Å²) >= 11 is 8.24. The molecule has 0 radical (unpaired) electrons. The molecule has 0 aliphatic carbocycles. The van der Waals surface area contributed by atoms with Crippen molar-refractivity contribution in [2.75, 3.05) is 23.0 Å². The first-order valence-electron chi connectivity index (χ1n) is 15.1. The van der Waals surface area contributed by atoms with Gasteiger partial charge in [0.1, 0.15) is 0 Å². The molecule has 0 atom stereocenters. The van der Waals surface area contributed by atoms with Gasteiger partial charge in [-0.25, -0.2) is 0 Å². The van der Waals surface area contributed by atoms with Gasteiger partial charge in [0.15, 0.2) is 0 Å². The predicted molar refractivity (Wildman–Crippen MR) is 178 cm³/mol. The third-order valence-corrected chi connectivity index (χ3v) is 11.2. The maximum Gasteiger partial charge on any atom is 0.0506 e. The topological polar surface area (TPSA) is 25.8 Å². The quantitative estimate of drug-likeness (QED) is 0.303. The third-order valence-electron chi connectivity index (χ3n) is 6.88. The zero-order valence-corrected chi connectivity index (χ0v) is 26.8. The first kappa shape index (κ1) is 32.2. The van der Waals surface area contributed by atoms with Gasteiger partial charge in [0, 0.05) is 23.0 Å². The molecule has 0 spiro atoms. The summed E-state index contributed by atoms with van der Waals surface area (Å²) < 4.78 is 0. The molecule has 0 saturated heterocycles. The van der Waals surface area contributed by atoms with E-state index in [1.807, 2.05) is 0 Å². The van der Waals surface area contributed by atoms with Crippen molar-refractivity contribution in [2.24, 2.45) is 0 Å². The Kier molecular flexibility index (Phi) is 19.0. The SMILES string of the molecule is c1cc2nc(c1)CSCCCCCCCCCSCc1cccc(n1)CSCCCCCCCCCSC2. The zero-order chi connectivity index (χ0) is 26.4. The molecule has 212 valence electrons. The van der Waals surface area contributed by atoms with Crippen molar-refractivity contribution < 1.29 is 0 Å². The van der Waals surface area contributed by atoms with Gasteiger partial charge in [-0.2, -0.15) is 47.0 Å². The van der Waals surface area contributed by atoms with Gasteiger partial charge in [-0.15, -0.1) is 0 Å². The summed E-state index contributed by atoms with van der Waals surface area (Å²) in [6.07, 6.45) is 19.3. The molecule has 0 saturated carbocycles. The Balaban J connectivity index is 1.34. The molecule has 2 nitrogen and oxygen atoms in total. The predicted octanol–water partition coefficient (Wildman–Crippen LogP) is 10.6. The average Bonchev–Trinajstić information content (AvgIpc) is 2.94. The molecule has 0 aromatic carbocycles. The van der Waals surface area contributed by atoms with E-state index in [9.17, 15) is 0 Å². The van der Waals surface area contributed by atoms with Crippen molar-refractivity contribution in [1.29, 1.82) is 0 Å². The van der Waals surface area contributed by atoms with E-state index in [4.69, 9.17) is 9.97 Å². The number of thioether (sulfide) groups is 4. The Morgan fingerprint density at radius 2 is 0.579 bits per heavy atom. The van der Waals surface area contributed by atoms with Crippen LogP contribution in [0, 0.1) is 0 Å². The van der Waals surface area contributed by atoms with Crippen LogP contribution in [0.1, 0.15) is 113 Å². The second-order valence-electron chi connectivity index (χ2n) is 10.4. The van der Waals surface area contributed by atoms with Crippen molar-refractivity contribution in [3.63, 3.8) is 0 Å². The van der Waals surface area contributed by atoms with Crippen LogP contribution in [-0.4, -0.2) is 33.0 Å². The molecular formula is C32H50N2S4. The number of hydrogen-bond donors (Lipinski definition) is 0. The van der Waals surface area contributed by atoms with Gasteiger partial charge in [-0.05, 0) is 73.0 Å². The summed E-state index contributed by atoms with van der Waals surface area (Å²) in [4.78, 5) is 9.84. The highest BCUT2D eigenvalue weighted by atomic mass is 32.2. The van der Waals surface area contributed by atoms with Crippen LogP contribution in [0.15, 0.2) is 36.4 Å². The minimum Gasteiger partial charge on any atom is -0.256 e. The van der Waals surface area contributed by atoms with Crippen molar-refractivity contribution in [2.45, 2.75) is 113 Å². The molecule has 4 bridgehead atoms. The van der Waals surface area contributed by atoms with Crippen LogP contribution in [0.2, 0.25) is 0 Å². The summed E-state index contributed by atoms with van der Waals surface area (Å²) in [5, 5.41) is 0. The summed E-state index contributed by atoms with van der Waals surface area (Å²) in [5.41, 5.74) is 5.05. The van der Waals surface area contributed by atoms with E-state index in [1.165, 1.54) is 136 Å². The highest BCUT2D eigenvalue weighted by molar-refractivity contribution is 7.99. The lowest BCUT2D eigenvalue weighted by Crippen LogP contribution is -1.94. The fraction of sp³-hybridized carbons (Fsp3) is 0.688. The number of pyridine rings is 2. The van der Waals surface area contributed by atoms with Gasteiger partial charge in [0.25, 0.3) is 0 Å². The molecule has 2 aromatic heterocycles. The average molecular weight is 591 g/mol. The number of nitrogens with zero attached hydrogens (tertiary/aromatic N) is 2. The molecule has 1 aliphatic rings. The molecule has 0 unspecified atom stereocenters. The second-order valence-corrected chi connectivity index (χ2v) is 14.8. The van der Waals surface area contributed by atoms with E-state index in [0.29, 0.717) is 0 Å². The number of fused-ring (bicyclic) bond motifs is 4. The van der Waals surface area contributed by atoms with Gasteiger partial charge in [0.05, 0.1) is 22.8 Å². The first-order valence-corrected chi connectivity index (χ1v) is 19.7. The van der Waals surface area contributed by atoms with Gasteiger partial charge in [-0.3, -0.25) is 9.97 Å². The minimum atomic E-state index is 1.06. The van der Waals surface area contributed by atoms with Crippen LogP contribution in [-0.2, 0) is 23.0 Å². The number of aromatic nitrogens is 2. The lowest BCUT2D eigenvalue weighted by Gasteiger charge is -2.07. The fourth-order valence-electron chi connectivity index (χ4n) is 4.67. The molecular weight excluding hydrogens is 541 g/mol. The highest BCUT2D eigenvalue weighted by Gasteiger charge is 2.02. The Bertz CT molecular complexity index is 720. The molecule has 0 amide bonds. The lowest BCUT2D eigenvalue weighted by atomic mass is 10.1. The monoisotopic (exact) mass is 590 g/mol. The van der Waals surface area contributed by atoms with E-state index in [0.717, 1.165) is 23.0 Å². The Hall–Kier alpha value is -0.300. The Labute approximate surface area is 250 Å². The molecule has 3 rings (SSSR count). The summed E-state index contributed by atoms with van der Waals surface area (Å²) in [6, 6.07) is 13.2. The van der Waals surface area contributed by atoms with Crippen molar-refractivity contribution in [3.05, 3.63) is 59.2 Å². The van der Waals surface area contributed by atoms with Crippen LogP contribution in [0.25, 0.3) is 0 Å². The van der Waals surface area contributed by atoms with Gasteiger partial charge >= 0.3 is 0 Å². The smallest absolute Gasteiger partial charge is 0.0506 e. The molecule has 0 N–H and O–H groups in total. The first-order chi connectivity index (χ1) is 18.9. The molecule has 3 heterocycles. The van der Waals surface area contributed by atoms with Gasteiger partial charge in [-0.1, -0.05) is 76.3 Å². The summed E-state index contributed by atoms with van der Waals surface area (Å²) in [6.45, 7) is 0. The minimum absolute atomic E-state index is 1.06. The summed E-state index contributed by atoms with van der Waals surface area (Å²) in [7, 11) is 0. The van der Waals surface area contributed by atoms with E-state index in [-0.39, 0.29) is 0 Å². The molecule has 0 fully saturated rings. The van der Waals surface area contributed by atoms with E-state index >= 15 is 0 Å². The van der Waals surface area contributed by atoms with Crippen LogP contribution in [0.3, 0.4) is 0 Å². The van der Waals surface area contributed by atoms with Crippen LogP contribution >= 0.6 is 47.0 Å². The Morgan fingerprint density at radius 1 is 0.342 bits per heavy atom. The van der Waals surface area contributed by atoms with E-state index in [2.05, 4.69) is 83.4 Å². The van der Waals surface area contributed by atoms with Crippen molar-refractivity contribution in [3.8, 4) is 0 Å². The maximum atomic E-state index is 4.92. The van der Waals surface area contributed by atoms with Gasteiger partial charge in [0.2, 0.25) is 0 Å². The molecule has 2 aromatic rings. The third kappa shape index (κ3) is 16.1. The molecule has 1 aliphatic heterocycles. The Morgan fingerprint density at radius 3 is 0.842 bits per heavy atom. The summed E-state index contributed by atoms with van der Waals surface area (Å²) in [5.74, 6) is 9.33. The van der Waals surface area contributed by atoms with E-state index < -0.39 is 0 Å².